The van der Waals surface area contributed by atoms with Gasteiger partial charge in [0, 0.05) is 6.54 Å². The smallest absolute Gasteiger partial charge is 0.416 e. The van der Waals surface area contributed by atoms with E-state index in [1.165, 1.54) is 14.2 Å². The van der Waals surface area contributed by atoms with Gasteiger partial charge in [-0.1, -0.05) is 6.07 Å². The van der Waals surface area contributed by atoms with Crippen molar-refractivity contribution < 1.29 is 27.5 Å². The normalized spacial score (nSPS) is 11.0. The molecule has 0 saturated heterocycles. The molecule has 5 N–H and O–H groups in total. The van der Waals surface area contributed by atoms with E-state index in [0.717, 1.165) is 23.8 Å². The lowest BCUT2D eigenvalue weighted by molar-refractivity contribution is -0.137. The molecule has 0 aliphatic heterocycles. The van der Waals surface area contributed by atoms with Crippen molar-refractivity contribution in [2.75, 3.05) is 37.3 Å². The molecule has 2 aromatic carbocycles. The number of carbonyl (C=O) groups excluding carboxylic acids is 1. The molecule has 0 unspecified atom stereocenters. The Hall–Kier alpha value is -3.14. The van der Waals surface area contributed by atoms with Gasteiger partial charge in [0.2, 0.25) is 0 Å². The number of methoxy groups -OCH3 is 1. The summed E-state index contributed by atoms with van der Waals surface area (Å²) in [4.78, 5) is 16.9. The number of amides is 2. The Kier molecular flexibility index (Phi) is 6.94. The van der Waals surface area contributed by atoms with Crippen molar-refractivity contribution >= 4 is 23.1 Å². The molecule has 28 heavy (non-hydrogen) atoms. The average molecular weight is 398 g/mol. The Morgan fingerprint density at radius 3 is 2.50 bits per heavy atom. The van der Waals surface area contributed by atoms with Crippen LogP contribution >= 0.6 is 0 Å². The molecule has 0 bridgehead atoms. The quantitative estimate of drug-likeness (QED) is 0.422. The molecule has 2 rings (SSSR count). The standard InChI is InChI=1S/C18H21F3N4O3/c1-27-16-6-4-12(18(19,20)21)10-15(16)24-17(26)23-8-7-11-3-5-13(22)14(9-11)25-28-2/h3-6,9-10,25H,7-8,22H2,1-2H3,(H2,23,24,26). The number of nitrogen functional groups attached to an aromatic ring is 1. The van der Waals surface area contributed by atoms with Gasteiger partial charge in [0.05, 0.1) is 36.8 Å². The van der Waals surface area contributed by atoms with Crippen molar-refractivity contribution in [1.29, 1.82) is 0 Å². The number of urea groups is 1. The fourth-order valence-electron chi connectivity index (χ4n) is 2.43. The van der Waals surface area contributed by atoms with Gasteiger partial charge in [-0.3, -0.25) is 10.3 Å². The van der Waals surface area contributed by atoms with Gasteiger partial charge in [0.15, 0.2) is 0 Å². The number of hydrogen-bond acceptors (Lipinski definition) is 5. The maximum atomic E-state index is 12.9. The molecule has 0 fully saturated rings. The zero-order valence-corrected chi connectivity index (χ0v) is 15.3. The summed E-state index contributed by atoms with van der Waals surface area (Å²) in [6.07, 6.45) is -4.05. The van der Waals surface area contributed by atoms with Gasteiger partial charge in [0.25, 0.3) is 0 Å². The van der Waals surface area contributed by atoms with Crippen LogP contribution in [0.5, 0.6) is 5.75 Å². The second kappa shape index (κ2) is 9.18. The summed E-state index contributed by atoms with van der Waals surface area (Å²) < 4.78 is 43.6. The van der Waals surface area contributed by atoms with Crippen molar-refractivity contribution in [2.45, 2.75) is 12.6 Å². The second-order valence-corrected chi connectivity index (χ2v) is 5.77. The molecule has 10 heteroatoms. The third kappa shape index (κ3) is 5.68. The number of ether oxygens (including phenoxy) is 1. The average Bonchev–Trinajstić information content (AvgIpc) is 2.63. The number of nitrogens with two attached hydrogens (primary N) is 1. The summed E-state index contributed by atoms with van der Waals surface area (Å²) in [5.41, 5.74) is 9.46. The Balaban J connectivity index is 1.97. The zero-order valence-electron chi connectivity index (χ0n) is 15.3. The van der Waals surface area contributed by atoms with Gasteiger partial charge >= 0.3 is 12.2 Å². The predicted octanol–water partition coefficient (Wildman–Crippen LogP) is 3.63. The number of carbonyl (C=O) groups is 1. The van der Waals surface area contributed by atoms with Gasteiger partial charge in [0.1, 0.15) is 5.75 Å². The van der Waals surface area contributed by atoms with Gasteiger partial charge in [-0.2, -0.15) is 13.2 Å². The summed E-state index contributed by atoms with van der Waals surface area (Å²) in [5.74, 6) is 0.122. The van der Waals surface area contributed by atoms with Crippen LogP contribution in [0.25, 0.3) is 0 Å². The first-order valence-electron chi connectivity index (χ1n) is 8.22. The fourth-order valence-corrected chi connectivity index (χ4v) is 2.43. The lowest BCUT2D eigenvalue weighted by atomic mass is 10.1. The first-order valence-corrected chi connectivity index (χ1v) is 8.22. The summed E-state index contributed by atoms with van der Waals surface area (Å²) in [7, 11) is 2.76. The maximum absolute atomic E-state index is 12.9. The van der Waals surface area contributed by atoms with Crippen LogP contribution in [0.2, 0.25) is 0 Å². The first kappa shape index (κ1) is 21.2. The van der Waals surface area contributed by atoms with E-state index in [1.54, 1.807) is 18.2 Å². The number of nitrogens with one attached hydrogen (secondary N) is 3. The SMILES string of the molecule is CONc1cc(CCNC(=O)Nc2cc(C(F)(F)F)ccc2OC)ccc1N. The molecule has 0 aliphatic rings. The molecule has 0 heterocycles. The highest BCUT2D eigenvalue weighted by Crippen LogP contribution is 2.34. The highest BCUT2D eigenvalue weighted by molar-refractivity contribution is 5.91. The highest BCUT2D eigenvalue weighted by atomic mass is 19.4. The van der Waals surface area contributed by atoms with Crippen molar-refractivity contribution in [3.8, 4) is 5.75 Å². The molecule has 0 spiro atoms. The van der Waals surface area contributed by atoms with Crippen LogP contribution in [-0.2, 0) is 17.4 Å². The summed E-state index contributed by atoms with van der Waals surface area (Å²) in [6.45, 7) is 0.253. The van der Waals surface area contributed by atoms with Crippen LogP contribution in [0.15, 0.2) is 36.4 Å². The molecule has 0 radical (unpaired) electrons. The molecule has 0 aliphatic carbocycles. The summed E-state index contributed by atoms with van der Waals surface area (Å²) in [6, 6.07) is 7.47. The van der Waals surface area contributed by atoms with E-state index in [-0.39, 0.29) is 18.0 Å². The zero-order chi connectivity index (χ0) is 20.7. The summed E-state index contributed by atoms with van der Waals surface area (Å²) in [5, 5.41) is 4.96. The maximum Gasteiger partial charge on any atom is 0.416 e. The van der Waals surface area contributed by atoms with E-state index >= 15 is 0 Å². The van der Waals surface area contributed by atoms with Crippen LogP contribution in [0.4, 0.5) is 35.0 Å². The van der Waals surface area contributed by atoms with E-state index in [1.807, 2.05) is 0 Å². The van der Waals surface area contributed by atoms with Crippen LogP contribution in [0.1, 0.15) is 11.1 Å². The minimum atomic E-state index is -4.53. The molecule has 7 nitrogen and oxygen atoms in total. The fraction of sp³-hybridized carbons (Fsp3) is 0.278. The Labute approximate surface area is 160 Å². The molecular formula is C18H21F3N4O3. The lowest BCUT2D eigenvalue weighted by Crippen LogP contribution is -2.30. The van der Waals surface area contributed by atoms with Crippen LogP contribution in [0, 0.1) is 0 Å². The van der Waals surface area contributed by atoms with E-state index in [2.05, 4.69) is 16.1 Å². The van der Waals surface area contributed by atoms with Gasteiger partial charge in [-0.15, -0.1) is 0 Å². The molecule has 2 amide bonds. The first-order chi connectivity index (χ1) is 13.2. The minimum absolute atomic E-state index is 0.0751. The van der Waals surface area contributed by atoms with Crippen molar-refractivity contribution in [1.82, 2.24) is 5.32 Å². The molecule has 0 atom stereocenters. The van der Waals surface area contributed by atoms with Crippen molar-refractivity contribution in [3.63, 3.8) is 0 Å². The Bertz CT molecular complexity index is 828. The highest BCUT2D eigenvalue weighted by Gasteiger charge is 2.31. The number of halogens is 3. The van der Waals surface area contributed by atoms with E-state index in [9.17, 15) is 18.0 Å². The van der Waals surface area contributed by atoms with E-state index < -0.39 is 17.8 Å². The number of alkyl halides is 3. The van der Waals surface area contributed by atoms with Gasteiger partial charge in [-0.05, 0) is 42.3 Å². The van der Waals surface area contributed by atoms with Crippen molar-refractivity contribution in [3.05, 3.63) is 47.5 Å². The monoisotopic (exact) mass is 398 g/mol. The van der Waals surface area contributed by atoms with E-state index in [0.29, 0.717) is 17.8 Å². The molecule has 0 aromatic heterocycles. The molecule has 152 valence electrons. The topological polar surface area (TPSA) is 97.6 Å². The Morgan fingerprint density at radius 2 is 1.86 bits per heavy atom. The third-order valence-electron chi connectivity index (χ3n) is 3.80. The number of rotatable bonds is 7. The molecule has 2 aromatic rings. The molecular weight excluding hydrogens is 377 g/mol. The molecule has 0 saturated carbocycles. The number of hydrogen-bond donors (Lipinski definition) is 4. The van der Waals surface area contributed by atoms with Crippen LogP contribution in [-0.4, -0.2) is 26.8 Å². The van der Waals surface area contributed by atoms with Crippen LogP contribution in [0.3, 0.4) is 0 Å². The largest absolute Gasteiger partial charge is 0.495 e. The predicted molar refractivity (Wildman–Crippen MR) is 100 cm³/mol. The number of benzene rings is 2. The van der Waals surface area contributed by atoms with E-state index in [4.69, 9.17) is 15.3 Å². The van der Waals surface area contributed by atoms with Gasteiger partial charge < -0.3 is 21.1 Å². The number of anilines is 3. The Morgan fingerprint density at radius 1 is 1.11 bits per heavy atom. The van der Waals surface area contributed by atoms with Gasteiger partial charge in [-0.25, -0.2) is 4.79 Å². The minimum Gasteiger partial charge on any atom is -0.495 e. The lowest BCUT2D eigenvalue weighted by Gasteiger charge is -2.14. The summed E-state index contributed by atoms with van der Waals surface area (Å²) >= 11 is 0. The van der Waals surface area contributed by atoms with Crippen LogP contribution < -0.4 is 26.6 Å². The third-order valence-corrected chi connectivity index (χ3v) is 3.80. The second-order valence-electron chi connectivity index (χ2n) is 5.77. The van der Waals surface area contributed by atoms with Crippen molar-refractivity contribution in [2.24, 2.45) is 0 Å².